The van der Waals surface area contributed by atoms with E-state index in [0.29, 0.717) is 6.54 Å². The van der Waals surface area contributed by atoms with E-state index in [-0.39, 0.29) is 0 Å². The zero-order valence-electron chi connectivity index (χ0n) is 7.39. The molecule has 0 fully saturated rings. The molecule has 0 saturated carbocycles. The monoisotopic (exact) mass is 193 g/mol. The van der Waals surface area contributed by atoms with Crippen molar-refractivity contribution in [1.29, 1.82) is 0 Å². The second-order valence-electron chi connectivity index (χ2n) is 2.70. The fourth-order valence-electron chi connectivity index (χ4n) is 0.921. The minimum absolute atomic E-state index is 0.699. The van der Waals surface area contributed by atoms with Gasteiger partial charge in [0.2, 0.25) is 0 Å². The molecule has 0 spiro atoms. The van der Waals surface area contributed by atoms with Crippen molar-refractivity contribution in [2.45, 2.75) is 12.8 Å². The zero-order valence-corrected chi connectivity index (χ0v) is 8.14. The van der Waals surface area contributed by atoms with Crippen molar-refractivity contribution >= 4 is 11.6 Å². The van der Waals surface area contributed by atoms with E-state index in [1.807, 2.05) is 24.3 Å². The highest BCUT2D eigenvalue weighted by molar-refractivity contribution is 6.30. The molecule has 0 amide bonds. The molecule has 1 aromatic carbocycles. The second kappa shape index (κ2) is 5.64. The molecule has 1 rings (SSSR count). The van der Waals surface area contributed by atoms with Gasteiger partial charge >= 0.3 is 0 Å². The SMILES string of the molecule is NCCCC#Cc1cccc(Cl)c1. The molecule has 0 aliphatic heterocycles. The first kappa shape index (κ1) is 10.1. The predicted molar refractivity (Wildman–Crippen MR) is 56.6 cm³/mol. The summed E-state index contributed by atoms with van der Waals surface area (Å²) < 4.78 is 0. The molecule has 0 aromatic heterocycles. The molecule has 1 nitrogen and oxygen atoms in total. The number of halogens is 1. The van der Waals surface area contributed by atoms with Gasteiger partial charge < -0.3 is 5.73 Å². The summed E-state index contributed by atoms with van der Waals surface area (Å²) in [5.41, 5.74) is 6.31. The van der Waals surface area contributed by atoms with Gasteiger partial charge in [-0.15, -0.1) is 0 Å². The first-order chi connectivity index (χ1) is 6.33. The lowest BCUT2D eigenvalue weighted by Gasteiger charge is -1.90. The van der Waals surface area contributed by atoms with E-state index in [1.54, 1.807) is 0 Å². The van der Waals surface area contributed by atoms with Crippen LogP contribution in [0.3, 0.4) is 0 Å². The average molecular weight is 194 g/mol. The van der Waals surface area contributed by atoms with Crippen LogP contribution in [0.4, 0.5) is 0 Å². The Balaban J connectivity index is 2.56. The lowest BCUT2D eigenvalue weighted by atomic mass is 10.2. The highest BCUT2D eigenvalue weighted by Crippen LogP contribution is 2.09. The minimum atomic E-state index is 0.699. The summed E-state index contributed by atoms with van der Waals surface area (Å²) in [5, 5.41) is 0.727. The molecule has 0 atom stereocenters. The number of nitrogens with two attached hydrogens (primary N) is 1. The van der Waals surface area contributed by atoms with Gasteiger partial charge in [0.25, 0.3) is 0 Å². The number of benzene rings is 1. The summed E-state index contributed by atoms with van der Waals surface area (Å²) in [7, 11) is 0. The van der Waals surface area contributed by atoms with Crippen molar-refractivity contribution in [3.8, 4) is 11.8 Å². The molecule has 0 saturated heterocycles. The Kier molecular flexibility index (Phi) is 4.39. The first-order valence-corrected chi connectivity index (χ1v) is 4.65. The van der Waals surface area contributed by atoms with Crippen molar-refractivity contribution < 1.29 is 0 Å². The summed E-state index contributed by atoms with van der Waals surface area (Å²) in [4.78, 5) is 0. The number of hydrogen-bond acceptors (Lipinski definition) is 1. The average Bonchev–Trinajstić information content (AvgIpc) is 2.13. The Bertz CT molecular complexity index is 322. The van der Waals surface area contributed by atoms with Gasteiger partial charge in [-0.3, -0.25) is 0 Å². The van der Waals surface area contributed by atoms with Gasteiger partial charge in [-0.05, 0) is 31.2 Å². The molecular weight excluding hydrogens is 182 g/mol. The molecule has 2 heteroatoms. The maximum Gasteiger partial charge on any atom is 0.0418 e. The maximum atomic E-state index is 5.80. The Morgan fingerprint density at radius 2 is 2.23 bits per heavy atom. The van der Waals surface area contributed by atoms with Crippen LogP contribution in [0, 0.1) is 11.8 Å². The first-order valence-electron chi connectivity index (χ1n) is 4.27. The molecule has 0 heterocycles. The van der Waals surface area contributed by atoms with Crippen LogP contribution in [0.5, 0.6) is 0 Å². The van der Waals surface area contributed by atoms with Gasteiger partial charge in [0.15, 0.2) is 0 Å². The van der Waals surface area contributed by atoms with E-state index in [4.69, 9.17) is 17.3 Å². The summed E-state index contributed by atoms with van der Waals surface area (Å²) in [5.74, 6) is 6.07. The normalized spacial score (nSPS) is 9.08. The van der Waals surface area contributed by atoms with Crippen LogP contribution >= 0.6 is 11.6 Å². The van der Waals surface area contributed by atoms with E-state index in [1.165, 1.54) is 0 Å². The minimum Gasteiger partial charge on any atom is -0.330 e. The molecule has 0 radical (unpaired) electrons. The van der Waals surface area contributed by atoms with E-state index in [9.17, 15) is 0 Å². The third-order valence-electron chi connectivity index (χ3n) is 1.56. The standard InChI is InChI=1S/C11H12ClN/c12-11-7-4-6-10(9-11)5-2-1-3-8-13/h4,6-7,9H,1,3,8,13H2. The highest BCUT2D eigenvalue weighted by atomic mass is 35.5. The number of hydrogen-bond donors (Lipinski definition) is 1. The van der Waals surface area contributed by atoms with Crippen molar-refractivity contribution in [2.24, 2.45) is 5.73 Å². The van der Waals surface area contributed by atoms with E-state index in [0.717, 1.165) is 23.4 Å². The van der Waals surface area contributed by atoms with Crippen LogP contribution in [0.15, 0.2) is 24.3 Å². The highest BCUT2D eigenvalue weighted by Gasteiger charge is 1.87. The number of rotatable bonds is 2. The Hall–Kier alpha value is -0.970. The van der Waals surface area contributed by atoms with E-state index < -0.39 is 0 Å². The van der Waals surface area contributed by atoms with Crippen molar-refractivity contribution in [1.82, 2.24) is 0 Å². The fourth-order valence-corrected chi connectivity index (χ4v) is 1.11. The quantitative estimate of drug-likeness (QED) is 0.567. The molecular formula is C11H12ClN. The smallest absolute Gasteiger partial charge is 0.0418 e. The molecule has 13 heavy (non-hydrogen) atoms. The lowest BCUT2D eigenvalue weighted by molar-refractivity contribution is 0.870. The molecule has 2 N–H and O–H groups in total. The van der Waals surface area contributed by atoms with E-state index in [2.05, 4.69) is 11.8 Å². The largest absolute Gasteiger partial charge is 0.330 e. The van der Waals surface area contributed by atoms with Crippen molar-refractivity contribution in [2.75, 3.05) is 6.54 Å². The van der Waals surface area contributed by atoms with Crippen LogP contribution < -0.4 is 5.73 Å². The zero-order chi connectivity index (χ0) is 9.52. The molecule has 0 bridgehead atoms. The van der Waals surface area contributed by atoms with Crippen LogP contribution in [0.25, 0.3) is 0 Å². The van der Waals surface area contributed by atoms with Gasteiger partial charge in [-0.1, -0.05) is 29.5 Å². The molecule has 68 valence electrons. The Morgan fingerprint density at radius 1 is 1.38 bits per heavy atom. The third kappa shape index (κ3) is 3.98. The number of unbranched alkanes of at least 4 members (excludes halogenated alkanes) is 1. The van der Waals surface area contributed by atoms with Gasteiger partial charge in [-0.25, -0.2) is 0 Å². The fraction of sp³-hybridized carbons (Fsp3) is 0.273. The van der Waals surface area contributed by atoms with Crippen LogP contribution in [0.1, 0.15) is 18.4 Å². The molecule has 0 unspecified atom stereocenters. The topological polar surface area (TPSA) is 26.0 Å². The van der Waals surface area contributed by atoms with Crippen molar-refractivity contribution in [3.05, 3.63) is 34.9 Å². The summed E-state index contributed by atoms with van der Waals surface area (Å²) in [6, 6.07) is 7.54. The van der Waals surface area contributed by atoms with Gasteiger partial charge in [0.1, 0.15) is 0 Å². The van der Waals surface area contributed by atoms with Gasteiger partial charge in [0.05, 0.1) is 0 Å². The maximum absolute atomic E-state index is 5.80. The molecule has 0 aliphatic carbocycles. The second-order valence-corrected chi connectivity index (χ2v) is 3.14. The van der Waals surface area contributed by atoms with E-state index >= 15 is 0 Å². The van der Waals surface area contributed by atoms with Gasteiger partial charge in [-0.2, -0.15) is 0 Å². The lowest BCUT2D eigenvalue weighted by Crippen LogP contribution is -1.96. The third-order valence-corrected chi connectivity index (χ3v) is 1.80. The Labute approximate surface area is 83.9 Å². The van der Waals surface area contributed by atoms with Gasteiger partial charge in [0, 0.05) is 17.0 Å². The summed E-state index contributed by atoms with van der Waals surface area (Å²) in [6.45, 7) is 0.699. The van der Waals surface area contributed by atoms with Crippen molar-refractivity contribution in [3.63, 3.8) is 0 Å². The Morgan fingerprint density at radius 3 is 2.92 bits per heavy atom. The molecule has 1 aromatic rings. The van der Waals surface area contributed by atoms with Crippen LogP contribution in [-0.4, -0.2) is 6.54 Å². The molecule has 0 aliphatic rings. The predicted octanol–water partition coefficient (Wildman–Crippen LogP) is 2.43. The van der Waals surface area contributed by atoms with Crippen LogP contribution in [-0.2, 0) is 0 Å². The summed E-state index contributed by atoms with van der Waals surface area (Å²) >= 11 is 5.80. The summed E-state index contributed by atoms with van der Waals surface area (Å²) in [6.07, 6.45) is 1.80. The van der Waals surface area contributed by atoms with Crippen LogP contribution in [0.2, 0.25) is 5.02 Å².